The van der Waals surface area contributed by atoms with Gasteiger partial charge in [-0.2, -0.15) is 16.8 Å². The van der Waals surface area contributed by atoms with Gasteiger partial charge in [0.2, 0.25) is 0 Å². The smallest absolute Gasteiger partial charge is 0.298 e. The van der Waals surface area contributed by atoms with Gasteiger partial charge in [0.15, 0.2) is 0 Å². The van der Waals surface area contributed by atoms with Gasteiger partial charge in [0.05, 0.1) is 16.3 Å². The molecule has 158 valence electrons. The molecule has 3 aromatic rings. The van der Waals surface area contributed by atoms with Crippen LogP contribution in [0, 0.1) is 0 Å². The van der Waals surface area contributed by atoms with Crippen molar-refractivity contribution in [1.29, 1.82) is 0 Å². The Kier molecular flexibility index (Phi) is 5.97. The Labute approximate surface area is 177 Å². The van der Waals surface area contributed by atoms with Crippen LogP contribution in [0.3, 0.4) is 0 Å². The maximum Gasteiger partial charge on any atom is 0.298 e. The minimum absolute atomic E-state index is 0.118. The van der Waals surface area contributed by atoms with Crippen LogP contribution in [0.2, 0.25) is 0 Å². The summed E-state index contributed by atoms with van der Waals surface area (Å²) in [6.45, 7) is 0. The van der Waals surface area contributed by atoms with E-state index in [2.05, 4.69) is 0 Å². The van der Waals surface area contributed by atoms with Crippen molar-refractivity contribution in [3.05, 3.63) is 60.7 Å². The number of hydrogen-bond donors (Lipinski definition) is 4. The number of anilines is 2. The standard InChI is InChI=1S/C18H16N2O7S3/c19-15-7-1-11(9-16(15)20)27-17-8-4-13(10-18(17)30(24,25)26)28-12-2-5-14(6-3-12)29(21,22)23/h1-10H,19-20H2,(H,21,22,23)(H,24,25,26). The predicted molar refractivity (Wildman–Crippen MR) is 112 cm³/mol. The second-order valence-corrected chi connectivity index (χ2v) is 9.98. The summed E-state index contributed by atoms with van der Waals surface area (Å²) in [5.41, 5.74) is 11.9. The number of hydrogen-bond acceptors (Lipinski definition) is 8. The molecule has 0 aromatic heterocycles. The molecule has 0 amide bonds. The highest BCUT2D eigenvalue weighted by Gasteiger charge is 2.19. The van der Waals surface area contributed by atoms with Gasteiger partial charge in [-0.15, -0.1) is 0 Å². The van der Waals surface area contributed by atoms with Crippen LogP contribution in [0.25, 0.3) is 0 Å². The molecule has 0 fully saturated rings. The molecular formula is C18H16N2O7S3. The van der Waals surface area contributed by atoms with Crippen LogP contribution in [0.4, 0.5) is 11.4 Å². The van der Waals surface area contributed by atoms with Crippen molar-refractivity contribution in [1.82, 2.24) is 0 Å². The van der Waals surface area contributed by atoms with Crippen LogP contribution in [0.15, 0.2) is 80.2 Å². The summed E-state index contributed by atoms with van der Waals surface area (Å²) >= 11 is 1.11. The second-order valence-electron chi connectivity index (χ2n) is 6.02. The van der Waals surface area contributed by atoms with Crippen LogP contribution in [-0.4, -0.2) is 25.9 Å². The van der Waals surface area contributed by atoms with Crippen LogP contribution in [-0.2, 0) is 20.2 Å². The summed E-state index contributed by atoms with van der Waals surface area (Å²) < 4.78 is 70.1. The van der Waals surface area contributed by atoms with Gasteiger partial charge in [-0.25, -0.2) is 0 Å². The van der Waals surface area contributed by atoms with Crippen LogP contribution < -0.4 is 16.2 Å². The zero-order valence-corrected chi connectivity index (χ0v) is 17.5. The third kappa shape index (κ3) is 5.23. The average molecular weight is 469 g/mol. The quantitative estimate of drug-likeness (QED) is 0.311. The van der Waals surface area contributed by atoms with Gasteiger partial charge in [0, 0.05) is 15.9 Å². The van der Waals surface area contributed by atoms with E-state index in [0.29, 0.717) is 15.5 Å². The summed E-state index contributed by atoms with van der Waals surface area (Å²) in [5, 5.41) is 0. The molecule has 0 unspecified atom stereocenters. The van der Waals surface area contributed by atoms with E-state index in [-0.39, 0.29) is 22.1 Å². The first-order chi connectivity index (χ1) is 13.9. The molecule has 9 nitrogen and oxygen atoms in total. The molecule has 0 bridgehead atoms. The molecule has 0 radical (unpaired) electrons. The van der Waals surface area contributed by atoms with Gasteiger partial charge in [-0.05, 0) is 54.6 Å². The van der Waals surface area contributed by atoms with E-state index in [9.17, 15) is 21.4 Å². The molecule has 3 rings (SSSR count). The van der Waals surface area contributed by atoms with E-state index in [0.717, 1.165) is 11.8 Å². The Morgan fingerprint density at radius 2 is 1.37 bits per heavy atom. The van der Waals surface area contributed by atoms with Gasteiger partial charge in [-0.1, -0.05) is 11.8 Å². The van der Waals surface area contributed by atoms with Crippen molar-refractivity contribution < 1.29 is 30.7 Å². The second kappa shape index (κ2) is 8.16. The fourth-order valence-electron chi connectivity index (χ4n) is 2.40. The van der Waals surface area contributed by atoms with E-state index in [1.54, 1.807) is 6.07 Å². The Morgan fingerprint density at radius 3 is 1.93 bits per heavy atom. The molecule has 30 heavy (non-hydrogen) atoms. The summed E-state index contributed by atoms with van der Waals surface area (Å²) in [7, 11) is -8.93. The minimum Gasteiger partial charge on any atom is -0.456 e. The number of ether oxygens (including phenoxy) is 1. The molecular weight excluding hydrogens is 452 g/mol. The lowest BCUT2D eigenvalue weighted by Gasteiger charge is -2.12. The van der Waals surface area contributed by atoms with Crippen LogP contribution in [0.1, 0.15) is 0 Å². The van der Waals surface area contributed by atoms with E-state index < -0.39 is 25.1 Å². The van der Waals surface area contributed by atoms with E-state index in [1.165, 1.54) is 54.6 Å². The molecule has 3 aromatic carbocycles. The van der Waals surface area contributed by atoms with Crippen molar-refractivity contribution in [2.75, 3.05) is 11.5 Å². The number of nitrogens with two attached hydrogens (primary N) is 2. The number of nitrogen functional groups attached to an aromatic ring is 2. The highest BCUT2D eigenvalue weighted by Crippen LogP contribution is 2.36. The topological polar surface area (TPSA) is 170 Å². The lowest BCUT2D eigenvalue weighted by atomic mass is 10.2. The average Bonchev–Trinajstić information content (AvgIpc) is 2.65. The first-order valence-corrected chi connectivity index (χ1v) is 11.8. The van der Waals surface area contributed by atoms with Crippen molar-refractivity contribution in [3.63, 3.8) is 0 Å². The normalized spacial score (nSPS) is 11.9. The Balaban J connectivity index is 1.92. The summed E-state index contributed by atoms with van der Waals surface area (Å²) in [5.74, 6) is 0.112. The monoisotopic (exact) mass is 468 g/mol. The Hall–Kier alpha value is -2.77. The van der Waals surface area contributed by atoms with Crippen molar-refractivity contribution in [2.45, 2.75) is 19.6 Å². The first kappa shape index (κ1) is 21.9. The highest BCUT2D eigenvalue weighted by atomic mass is 32.2. The van der Waals surface area contributed by atoms with Crippen molar-refractivity contribution in [2.24, 2.45) is 0 Å². The third-order valence-electron chi connectivity index (χ3n) is 3.84. The summed E-state index contributed by atoms with van der Waals surface area (Å²) in [6.07, 6.45) is 0. The number of rotatable bonds is 6. The molecule has 12 heteroatoms. The lowest BCUT2D eigenvalue weighted by Crippen LogP contribution is -2.02. The van der Waals surface area contributed by atoms with Crippen molar-refractivity contribution in [3.8, 4) is 11.5 Å². The lowest BCUT2D eigenvalue weighted by molar-refractivity contribution is 0.449. The molecule has 0 atom stereocenters. The summed E-state index contributed by atoms with van der Waals surface area (Å²) in [4.78, 5) is 0.282. The van der Waals surface area contributed by atoms with Gasteiger partial charge >= 0.3 is 0 Å². The molecule has 0 saturated heterocycles. The molecule has 6 N–H and O–H groups in total. The molecule has 0 aliphatic heterocycles. The van der Waals surface area contributed by atoms with E-state index in [4.69, 9.17) is 20.8 Å². The SMILES string of the molecule is Nc1ccc(Oc2ccc(Sc3ccc(S(=O)(=O)O)cc3)cc2S(=O)(=O)O)cc1N. The zero-order chi connectivity index (χ0) is 22.1. The van der Waals surface area contributed by atoms with Crippen LogP contribution >= 0.6 is 11.8 Å². The predicted octanol–water partition coefficient (Wildman–Crippen LogP) is 3.29. The Bertz CT molecular complexity index is 1310. The minimum atomic E-state index is -4.62. The van der Waals surface area contributed by atoms with Gasteiger partial charge in [0.25, 0.3) is 20.2 Å². The van der Waals surface area contributed by atoms with Gasteiger partial charge in [0.1, 0.15) is 16.4 Å². The Morgan fingerprint density at radius 1 is 0.733 bits per heavy atom. The molecule has 0 aliphatic rings. The van der Waals surface area contributed by atoms with E-state index in [1.807, 2.05) is 0 Å². The largest absolute Gasteiger partial charge is 0.456 e. The van der Waals surface area contributed by atoms with Gasteiger partial charge < -0.3 is 16.2 Å². The maximum atomic E-state index is 11.9. The molecule has 0 aliphatic carbocycles. The third-order valence-corrected chi connectivity index (χ3v) is 6.58. The fourth-order valence-corrected chi connectivity index (χ4v) is 4.45. The number of benzene rings is 3. The zero-order valence-electron chi connectivity index (χ0n) is 15.1. The molecule has 0 saturated carbocycles. The molecule has 0 heterocycles. The van der Waals surface area contributed by atoms with Crippen molar-refractivity contribution >= 4 is 43.4 Å². The van der Waals surface area contributed by atoms with Gasteiger partial charge in [-0.3, -0.25) is 9.11 Å². The first-order valence-electron chi connectivity index (χ1n) is 8.13. The summed E-state index contributed by atoms with van der Waals surface area (Å²) in [6, 6.07) is 13.9. The highest BCUT2D eigenvalue weighted by molar-refractivity contribution is 7.99. The maximum absolute atomic E-state index is 11.9. The van der Waals surface area contributed by atoms with E-state index >= 15 is 0 Å². The van der Waals surface area contributed by atoms with Crippen LogP contribution in [0.5, 0.6) is 11.5 Å². The molecule has 0 spiro atoms. The fraction of sp³-hybridized carbons (Fsp3) is 0.